The van der Waals surface area contributed by atoms with Crippen molar-refractivity contribution >= 4 is 12.1 Å². The second kappa shape index (κ2) is 3.15. The lowest BCUT2D eigenvalue weighted by Gasteiger charge is -2.08. The molecule has 0 radical (unpaired) electrons. The van der Waals surface area contributed by atoms with E-state index < -0.39 is 0 Å². The van der Waals surface area contributed by atoms with Gasteiger partial charge >= 0.3 is 0 Å². The van der Waals surface area contributed by atoms with Gasteiger partial charge in [0.2, 0.25) is 5.91 Å². The third kappa shape index (κ3) is 1.43. The number of carbonyl (C=O) groups excluding carboxylic acids is 1. The molecule has 1 aliphatic heterocycles. The van der Waals surface area contributed by atoms with Crippen molar-refractivity contribution < 1.29 is 4.79 Å². The van der Waals surface area contributed by atoms with Crippen LogP contribution in [0.1, 0.15) is 6.42 Å². The summed E-state index contributed by atoms with van der Waals surface area (Å²) >= 11 is 0. The number of allylic oxidation sites excluding steroid dienone is 1. The van der Waals surface area contributed by atoms with E-state index in [1.54, 1.807) is 19.5 Å². The molecule has 1 amide bonds. The van der Waals surface area contributed by atoms with Crippen LogP contribution in [0.15, 0.2) is 17.3 Å². The molecule has 1 heterocycles. The fraction of sp³-hybridized carbons (Fsp3) is 0.429. The summed E-state index contributed by atoms with van der Waals surface area (Å²) in [7, 11) is 1.63. The monoisotopic (exact) mass is 138 g/mol. The molecule has 0 saturated carbocycles. The summed E-state index contributed by atoms with van der Waals surface area (Å²) in [5.74, 6) is -0.0249. The van der Waals surface area contributed by atoms with Crippen molar-refractivity contribution in [2.24, 2.45) is 10.9 Å². The minimum atomic E-state index is -0.0602. The molecule has 1 rings (SSSR count). The maximum absolute atomic E-state index is 10.9. The fourth-order valence-corrected chi connectivity index (χ4v) is 0.843. The van der Waals surface area contributed by atoms with Crippen LogP contribution in [0.2, 0.25) is 0 Å². The van der Waals surface area contributed by atoms with E-state index in [4.69, 9.17) is 0 Å². The first-order valence-electron chi connectivity index (χ1n) is 3.24. The van der Waals surface area contributed by atoms with Gasteiger partial charge < -0.3 is 5.32 Å². The number of hydrogen-bond acceptors (Lipinski definition) is 2. The predicted octanol–water partition coefficient (Wildman–Crippen LogP) is 0.337. The van der Waals surface area contributed by atoms with Gasteiger partial charge in [-0.2, -0.15) is 0 Å². The first kappa shape index (κ1) is 6.99. The Balaban J connectivity index is 2.51. The maximum atomic E-state index is 10.9. The smallest absolute Gasteiger partial charge is 0.228 e. The predicted molar refractivity (Wildman–Crippen MR) is 39.8 cm³/mol. The van der Waals surface area contributed by atoms with Gasteiger partial charge in [-0.25, -0.2) is 0 Å². The van der Waals surface area contributed by atoms with Gasteiger partial charge in [0.05, 0.1) is 5.92 Å². The first-order valence-corrected chi connectivity index (χ1v) is 3.24. The molecule has 0 spiro atoms. The number of hydrogen-bond donors (Lipinski definition) is 1. The number of nitrogens with one attached hydrogen (secondary N) is 1. The number of rotatable bonds is 1. The number of nitrogens with zero attached hydrogens (tertiary/aromatic N) is 1. The minimum absolute atomic E-state index is 0.0353. The van der Waals surface area contributed by atoms with E-state index in [-0.39, 0.29) is 11.8 Å². The van der Waals surface area contributed by atoms with Gasteiger partial charge in [0.1, 0.15) is 0 Å². The molecule has 3 heteroatoms. The van der Waals surface area contributed by atoms with Crippen molar-refractivity contribution in [3.63, 3.8) is 0 Å². The van der Waals surface area contributed by atoms with E-state index in [0.717, 1.165) is 6.42 Å². The summed E-state index contributed by atoms with van der Waals surface area (Å²) in [4.78, 5) is 14.8. The molecule has 0 aromatic rings. The van der Waals surface area contributed by atoms with Crippen LogP contribution < -0.4 is 5.32 Å². The van der Waals surface area contributed by atoms with Gasteiger partial charge in [0.15, 0.2) is 0 Å². The van der Waals surface area contributed by atoms with Gasteiger partial charge in [-0.15, -0.1) is 0 Å². The summed E-state index contributed by atoms with van der Waals surface area (Å²) in [5, 5.41) is 2.57. The van der Waals surface area contributed by atoms with E-state index in [2.05, 4.69) is 10.3 Å². The number of amides is 1. The lowest BCUT2D eigenvalue weighted by molar-refractivity contribution is -0.122. The largest absolute Gasteiger partial charge is 0.359 e. The molecule has 0 aromatic carbocycles. The second-order valence-electron chi connectivity index (χ2n) is 2.14. The van der Waals surface area contributed by atoms with Gasteiger partial charge in [-0.1, -0.05) is 6.08 Å². The molecule has 0 saturated heterocycles. The van der Waals surface area contributed by atoms with Crippen LogP contribution in [-0.4, -0.2) is 19.2 Å². The summed E-state index contributed by atoms with van der Waals surface area (Å²) in [5.41, 5.74) is 0. The molecule has 1 aliphatic rings. The molecule has 0 aromatic heterocycles. The average Bonchev–Trinajstić information content (AvgIpc) is 2.05. The van der Waals surface area contributed by atoms with Crippen molar-refractivity contribution in [3.8, 4) is 0 Å². The van der Waals surface area contributed by atoms with Gasteiger partial charge in [-0.3, -0.25) is 9.79 Å². The van der Waals surface area contributed by atoms with Gasteiger partial charge in [0.25, 0.3) is 0 Å². The van der Waals surface area contributed by atoms with E-state index in [9.17, 15) is 4.79 Å². The van der Waals surface area contributed by atoms with E-state index in [0.29, 0.717) is 0 Å². The third-order valence-corrected chi connectivity index (χ3v) is 1.43. The molecule has 54 valence electrons. The van der Waals surface area contributed by atoms with Crippen LogP contribution in [0, 0.1) is 5.92 Å². The third-order valence-electron chi connectivity index (χ3n) is 1.43. The Labute approximate surface area is 59.8 Å². The van der Waals surface area contributed by atoms with Gasteiger partial charge in [0, 0.05) is 19.5 Å². The normalized spacial score (nSPS) is 22.7. The Bertz CT molecular complexity index is 184. The van der Waals surface area contributed by atoms with Crippen molar-refractivity contribution in [1.29, 1.82) is 0 Å². The van der Waals surface area contributed by atoms with Crippen LogP contribution in [0.3, 0.4) is 0 Å². The van der Waals surface area contributed by atoms with Crippen LogP contribution >= 0.6 is 0 Å². The molecule has 3 nitrogen and oxygen atoms in total. The summed E-state index contributed by atoms with van der Waals surface area (Å²) < 4.78 is 0. The Hall–Kier alpha value is -1.12. The zero-order chi connectivity index (χ0) is 7.40. The Morgan fingerprint density at radius 1 is 1.80 bits per heavy atom. The molecule has 0 aliphatic carbocycles. The topological polar surface area (TPSA) is 41.5 Å². The maximum Gasteiger partial charge on any atom is 0.228 e. The van der Waals surface area contributed by atoms with Crippen molar-refractivity contribution in [2.75, 3.05) is 7.05 Å². The molecule has 1 atom stereocenters. The zero-order valence-corrected chi connectivity index (χ0v) is 5.87. The standard InChI is InChI=1S/C7H10N2O/c1-8-7(10)6-3-2-4-9-5-6/h2,4-6H,3H2,1H3,(H,8,10). The molecule has 1 N–H and O–H groups in total. The van der Waals surface area contributed by atoms with Gasteiger partial charge in [-0.05, 0) is 6.42 Å². The summed E-state index contributed by atoms with van der Waals surface area (Å²) in [6.07, 6.45) is 6.03. The van der Waals surface area contributed by atoms with Crippen molar-refractivity contribution in [2.45, 2.75) is 6.42 Å². The minimum Gasteiger partial charge on any atom is -0.359 e. The van der Waals surface area contributed by atoms with Crippen LogP contribution in [0.5, 0.6) is 0 Å². The molecule has 1 unspecified atom stereocenters. The molecule has 0 bridgehead atoms. The van der Waals surface area contributed by atoms with Crippen molar-refractivity contribution in [1.82, 2.24) is 5.32 Å². The molecule has 10 heavy (non-hydrogen) atoms. The lowest BCUT2D eigenvalue weighted by atomic mass is 10.1. The van der Waals surface area contributed by atoms with Crippen LogP contribution in [0.4, 0.5) is 0 Å². The zero-order valence-electron chi connectivity index (χ0n) is 5.87. The SMILES string of the molecule is CNC(=O)C1C=NC=CC1. The highest BCUT2D eigenvalue weighted by molar-refractivity contribution is 5.93. The van der Waals surface area contributed by atoms with Crippen LogP contribution in [0.25, 0.3) is 0 Å². The molecule has 0 fully saturated rings. The Morgan fingerprint density at radius 3 is 3.10 bits per heavy atom. The highest BCUT2D eigenvalue weighted by Crippen LogP contribution is 2.05. The second-order valence-corrected chi connectivity index (χ2v) is 2.14. The molecular formula is C7H10N2O. The number of carbonyl (C=O) groups is 1. The highest BCUT2D eigenvalue weighted by atomic mass is 16.1. The molecular weight excluding hydrogens is 128 g/mol. The number of aliphatic imine (C=N–C) groups is 1. The summed E-state index contributed by atoms with van der Waals surface area (Å²) in [6, 6.07) is 0. The lowest BCUT2D eigenvalue weighted by Crippen LogP contribution is -2.28. The first-order chi connectivity index (χ1) is 4.84. The van der Waals surface area contributed by atoms with Crippen LogP contribution in [-0.2, 0) is 4.79 Å². The highest BCUT2D eigenvalue weighted by Gasteiger charge is 2.13. The fourth-order valence-electron chi connectivity index (χ4n) is 0.843. The Kier molecular flexibility index (Phi) is 2.20. The van der Waals surface area contributed by atoms with Crippen molar-refractivity contribution in [3.05, 3.63) is 12.3 Å². The average molecular weight is 138 g/mol. The van der Waals surface area contributed by atoms with E-state index in [1.807, 2.05) is 6.08 Å². The van der Waals surface area contributed by atoms with E-state index in [1.165, 1.54) is 0 Å². The van der Waals surface area contributed by atoms with E-state index >= 15 is 0 Å². The summed E-state index contributed by atoms with van der Waals surface area (Å²) in [6.45, 7) is 0. The Morgan fingerprint density at radius 2 is 2.60 bits per heavy atom. The quantitative estimate of drug-likeness (QED) is 0.557.